The first-order valence-electron chi connectivity index (χ1n) is 6.04. The summed E-state index contributed by atoms with van der Waals surface area (Å²) in [7, 11) is 1.24. The fourth-order valence-electron chi connectivity index (χ4n) is 1.98. The number of carbonyl (C=O) groups is 2. The zero-order valence-corrected chi connectivity index (χ0v) is 10.9. The molecule has 0 saturated carbocycles. The molecule has 1 atom stereocenters. The number of morpholine rings is 1. The summed E-state index contributed by atoms with van der Waals surface area (Å²) in [5, 5.41) is 19.1. The number of esters is 1. The average molecular weight is 281 g/mol. The molecule has 1 amide bonds. The molecule has 1 fully saturated rings. The molecule has 7 heteroatoms. The number of aromatic hydroxyl groups is 2. The molecule has 0 spiro atoms. The number of hydrogen-bond donors (Lipinski definition) is 2. The quantitative estimate of drug-likeness (QED) is 0.590. The molecule has 2 rings (SSSR count). The normalized spacial score (nSPS) is 18.6. The fourth-order valence-corrected chi connectivity index (χ4v) is 1.98. The number of rotatable bonds is 2. The molecule has 1 heterocycles. The Morgan fingerprint density at radius 1 is 1.40 bits per heavy atom. The Bertz CT molecular complexity index is 530. The zero-order valence-electron chi connectivity index (χ0n) is 10.9. The van der Waals surface area contributed by atoms with E-state index in [0.29, 0.717) is 6.54 Å². The van der Waals surface area contributed by atoms with Crippen LogP contribution in [-0.4, -0.2) is 59.9 Å². The van der Waals surface area contributed by atoms with Crippen molar-refractivity contribution in [3.05, 3.63) is 23.8 Å². The van der Waals surface area contributed by atoms with Crippen LogP contribution in [0.5, 0.6) is 11.5 Å². The Kier molecular flexibility index (Phi) is 4.09. The van der Waals surface area contributed by atoms with Gasteiger partial charge < -0.3 is 24.6 Å². The highest BCUT2D eigenvalue weighted by Gasteiger charge is 2.31. The van der Waals surface area contributed by atoms with Gasteiger partial charge in [-0.05, 0) is 12.1 Å². The molecule has 0 radical (unpaired) electrons. The van der Waals surface area contributed by atoms with Gasteiger partial charge >= 0.3 is 5.97 Å². The Labute approximate surface area is 115 Å². The van der Waals surface area contributed by atoms with Gasteiger partial charge in [-0.15, -0.1) is 0 Å². The maximum absolute atomic E-state index is 12.3. The van der Waals surface area contributed by atoms with E-state index in [1.807, 2.05) is 0 Å². The Hall–Kier alpha value is -2.28. The van der Waals surface area contributed by atoms with Gasteiger partial charge in [0.15, 0.2) is 17.6 Å². The van der Waals surface area contributed by atoms with Gasteiger partial charge in [-0.2, -0.15) is 0 Å². The van der Waals surface area contributed by atoms with Crippen molar-refractivity contribution in [3.8, 4) is 11.5 Å². The van der Waals surface area contributed by atoms with Crippen molar-refractivity contribution < 1.29 is 29.3 Å². The fraction of sp³-hybridized carbons (Fsp3) is 0.385. The van der Waals surface area contributed by atoms with Crippen LogP contribution in [0.25, 0.3) is 0 Å². The van der Waals surface area contributed by atoms with Crippen LogP contribution in [0.15, 0.2) is 18.2 Å². The topological polar surface area (TPSA) is 96.3 Å². The number of para-hydroxylation sites is 1. The summed E-state index contributed by atoms with van der Waals surface area (Å²) < 4.78 is 9.80. The molecule has 1 aliphatic rings. The monoisotopic (exact) mass is 281 g/mol. The summed E-state index contributed by atoms with van der Waals surface area (Å²) in [5.74, 6) is -1.87. The van der Waals surface area contributed by atoms with Crippen molar-refractivity contribution in [1.82, 2.24) is 4.90 Å². The lowest BCUT2D eigenvalue weighted by Gasteiger charge is -2.31. The highest BCUT2D eigenvalue weighted by molar-refractivity contribution is 5.98. The van der Waals surface area contributed by atoms with Crippen molar-refractivity contribution in [2.75, 3.05) is 26.8 Å². The van der Waals surface area contributed by atoms with Gasteiger partial charge in [-0.1, -0.05) is 6.07 Å². The molecule has 0 aliphatic carbocycles. The number of carbonyl (C=O) groups excluding carboxylic acids is 2. The van der Waals surface area contributed by atoms with Crippen LogP contribution in [0.2, 0.25) is 0 Å². The molecule has 1 aromatic carbocycles. The molecule has 20 heavy (non-hydrogen) atoms. The number of phenols is 2. The van der Waals surface area contributed by atoms with Crippen molar-refractivity contribution in [2.45, 2.75) is 6.10 Å². The molecule has 108 valence electrons. The van der Waals surface area contributed by atoms with E-state index < -0.39 is 23.7 Å². The van der Waals surface area contributed by atoms with Gasteiger partial charge in [-0.25, -0.2) is 4.79 Å². The van der Waals surface area contributed by atoms with Crippen LogP contribution in [0.1, 0.15) is 10.4 Å². The van der Waals surface area contributed by atoms with Crippen molar-refractivity contribution in [2.24, 2.45) is 0 Å². The van der Waals surface area contributed by atoms with E-state index in [1.54, 1.807) is 0 Å². The van der Waals surface area contributed by atoms with Gasteiger partial charge in [0.05, 0.1) is 25.8 Å². The molecule has 1 aromatic rings. The molecular formula is C13H15NO6. The van der Waals surface area contributed by atoms with E-state index >= 15 is 0 Å². The first kappa shape index (κ1) is 14.1. The van der Waals surface area contributed by atoms with Crippen LogP contribution in [-0.2, 0) is 14.3 Å². The number of amides is 1. The van der Waals surface area contributed by atoms with Gasteiger partial charge in [0.25, 0.3) is 5.91 Å². The van der Waals surface area contributed by atoms with Crippen LogP contribution in [0.3, 0.4) is 0 Å². The second-order valence-electron chi connectivity index (χ2n) is 4.31. The Balaban J connectivity index is 2.16. The average Bonchev–Trinajstić information content (AvgIpc) is 2.48. The molecule has 1 saturated heterocycles. The lowest BCUT2D eigenvalue weighted by Crippen LogP contribution is -2.48. The van der Waals surface area contributed by atoms with E-state index in [9.17, 15) is 19.8 Å². The van der Waals surface area contributed by atoms with E-state index in [4.69, 9.17) is 4.74 Å². The van der Waals surface area contributed by atoms with Gasteiger partial charge in [0, 0.05) is 6.54 Å². The van der Waals surface area contributed by atoms with Gasteiger partial charge in [0.1, 0.15) is 0 Å². The number of ether oxygens (including phenoxy) is 2. The highest BCUT2D eigenvalue weighted by atomic mass is 16.6. The molecule has 0 bridgehead atoms. The minimum Gasteiger partial charge on any atom is -0.504 e. The molecule has 7 nitrogen and oxygen atoms in total. The van der Waals surface area contributed by atoms with Crippen molar-refractivity contribution >= 4 is 11.9 Å². The third-order valence-corrected chi connectivity index (χ3v) is 3.06. The summed E-state index contributed by atoms with van der Waals surface area (Å²) in [6, 6.07) is 4.14. The van der Waals surface area contributed by atoms with Gasteiger partial charge in [0.2, 0.25) is 0 Å². The zero-order chi connectivity index (χ0) is 14.7. The molecule has 2 N–H and O–H groups in total. The van der Waals surface area contributed by atoms with Crippen LogP contribution < -0.4 is 0 Å². The first-order valence-corrected chi connectivity index (χ1v) is 6.04. The van der Waals surface area contributed by atoms with E-state index in [1.165, 1.54) is 30.2 Å². The second kappa shape index (κ2) is 5.79. The molecule has 1 aliphatic heterocycles. The predicted molar refractivity (Wildman–Crippen MR) is 67.4 cm³/mol. The third kappa shape index (κ3) is 2.67. The van der Waals surface area contributed by atoms with Crippen molar-refractivity contribution in [1.29, 1.82) is 0 Å². The number of methoxy groups -OCH3 is 1. The molecule has 1 unspecified atom stereocenters. The minimum atomic E-state index is -0.836. The van der Waals surface area contributed by atoms with Crippen LogP contribution in [0, 0.1) is 0 Å². The summed E-state index contributed by atoms with van der Waals surface area (Å²) in [4.78, 5) is 25.1. The van der Waals surface area contributed by atoms with E-state index in [2.05, 4.69) is 4.74 Å². The third-order valence-electron chi connectivity index (χ3n) is 3.06. The maximum atomic E-state index is 12.3. The Morgan fingerprint density at radius 3 is 2.85 bits per heavy atom. The maximum Gasteiger partial charge on any atom is 0.336 e. The number of benzene rings is 1. The minimum absolute atomic E-state index is 0.0180. The summed E-state index contributed by atoms with van der Waals surface area (Å²) in [6.45, 7) is 0.535. The van der Waals surface area contributed by atoms with Crippen molar-refractivity contribution in [3.63, 3.8) is 0 Å². The predicted octanol–water partition coefficient (Wildman–Crippen LogP) is 0.112. The molecule has 0 aromatic heterocycles. The second-order valence-corrected chi connectivity index (χ2v) is 4.31. The van der Waals surface area contributed by atoms with E-state index in [-0.39, 0.29) is 24.5 Å². The van der Waals surface area contributed by atoms with Crippen LogP contribution >= 0.6 is 0 Å². The number of phenolic OH excluding ortho intramolecular Hbond substituents is 2. The number of hydrogen-bond acceptors (Lipinski definition) is 6. The largest absolute Gasteiger partial charge is 0.504 e. The van der Waals surface area contributed by atoms with E-state index in [0.717, 1.165) is 0 Å². The summed E-state index contributed by atoms with van der Waals surface area (Å²) in [5.41, 5.74) is -0.0180. The first-order chi connectivity index (χ1) is 9.54. The summed E-state index contributed by atoms with van der Waals surface area (Å²) >= 11 is 0. The summed E-state index contributed by atoms with van der Waals surface area (Å²) in [6.07, 6.45) is -0.836. The SMILES string of the molecule is COC(=O)C1CN(C(=O)c2cccc(O)c2O)CCO1. The lowest BCUT2D eigenvalue weighted by molar-refractivity contribution is -0.158. The lowest BCUT2D eigenvalue weighted by atomic mass is 10.1. The standard InChI is InChI=1S/C13H15NO6/c1-19-13(18)10-7-14(5-6-20-10)12(17)8-3-2-4-9(15)11(8)16/h2-4,10,15-16H,5-7H2,1H3. The van der Waals surface area contributed by atoms with Gasteiger partial charge in [-0.3, -0.25) is 4.79 Å². The molecular weight excluding hydrogens is 266 g/mol. The Morgan fingerprint density at radius 2 is 2.15 bits per heavy atom. The number of nitrogens with zero attached hydrogens (tertiary/aromatic N) is 1. The van der Waals surface area contributed by atoms with Crippen LogP contribution in [0.4, 0.5) is 0 Å². The smallest absolute Gasteiger partial charge is 0.336 e. The highest BCUT2D eigenvalue weighted by Crippen LogP contribution is 2.29.